The predicted octanol–water partition coefficient (Wildman–Crippen LogP) is 8.07. The van der Waals surface area contributed by atoms with Crippen molar-refractivity contribution in [3.8, 4) is 10.4 Å². The van der Waals surface area contributed by atoms with E-state index in [1.807, 2.05) is 46.4 Å². The second kappa shape index (κ2) is 10.7. The molecule has 0 bridgehead atoms. The van der Waals surface area contributed by atoms with Crippen molar-refractivity contribution in [2.75, 3.05) is 13.1 Å². The number of carbonyl (C=O) groups excluding carboxylic acids is 2. The van der Waals surface area contributed by atoms with E-state index in [4.69, 9.17) is 9.47 Å². The number of likely N-dealkylation sites (tertiary alicyclic amines) is 1. The third-order valence-corrected chi connectivity index (χ3v) is 8.74. The minimum Gasteiger partial charge on any atom is -0.456 e. The lowest BCUT2D eigenvalue weighted by atomic mass is 9.75. The largest absolute Gasteiger partial charge is 0.456 e. The summed E-state index contributed by atoms with van der Waals surface area (Å²) in [6.07, 6.45) is 5.65. The number of fused-ring (bicyclic) bond motifs is 1. The van der Waals surface area contributed by atoms with Crippen LogP contribution in [0, 0.1) is 11.3 Å². The second-order valence-corrected chi connectivity index (χ2v) is 14.9. The van der Waals surface area contributed by atoms with Crippen LogP contribution in [0.15, 0.2) is 24.3 Å². The first-order valence-electron chi connectivity index (χ1n) is 14.1. The van der Waals surface area contributed by atoms with Gasteiger partial charge < -0.3 is 14.4 Å². The van der Waals surface area contributed by atoms with Crippen molar-refractivity contribution in [1.29, 1.82) is 0 Å². The molecule has 1 aromatic carbocycles. The van der Waals surface area contributed by atoms with E-state index in [1.165, 1.54) is 16.0 Å². The van der Waals surface area contributed by atoms with E-state index < -0.39 is 11.2 Å². The van der Waals surface area contributed by atoms with Gasteiger partial charge in [-0.1, -0.05) is 38.1 Å². The molecule has 0 unspecified atom stereocenters. The molecule has 1 amide bonds. The van der Waals surface area contributed by atoms with Gasteiger partial charge in [-0.25, -0.2) is 9.59 Å². The Labute approximate surface area is 232 Å². The van der Waals surface area contributed by atoms with Gasteiger partial charge in [0.1, 0.15) is 11.2 Å². The molecule has 1 aliphatic carbocycles. The van der Waals surface area contributed by atoms with Gasteiger partial charge in [0.05, 0.1) is 5.56 Å². The average molecular weight is 540 g/mol. The fourth-order valence-electron chi connectivity index (χ4n) is 5.53. The Balaban J connectivity index is 1.60. The molecular weight excluding hydrogens is 494 g/mol. The van der Waals surface area contributed by atoms with Crippen LogP contribution in [0.5, 0.6) is 0 Å². The minimum atomic E-state index is -0.547. The van der Waals surface area contributed by atoms with Crippen LogP contribution in [-0.2, 0) is 28.7 Å². The first-order chi connectivity index (χ1) is 17.6. The molecule has 5 nitrogen and oxygen atoms in total. The van der Waals surface area contributed by atoms with E-state index in [1.54, 1.807) is 11.3 Å². The summed E-state index contributed by atoms with van der Waals surface area (Å²) >= 11 is 1.79. The number of rotatable bonds is 4. The highest BCUT2D eigenvalue weighted by molar-refractivity contribution is 7.16. The van der Waals surface area contributed by atoms with Crippen LogP contribution >= 0.6 is 11.3 Å². The molecule has 0 saturated carbocycles. The molecule has 0 spiro atoms. The molecule has 0 radical (unpaired) electrons. The molecule has 6 heteroatoms. The monoisotopic (exact) mass is 539 g/mol. The Bertz CT molecular complexity index is 1170. The van der Waals surface area contributed by atoms with Crippen molar-refractivity contribution >= 4 is 23.4 Å². The number of ether oxygens (including phenoxy) is 2. The number of carbonyl (C=O) groups is 2. The summed E-state index contributed by atoms with van der Waals surface area (Å²) in [5, 5.41) is 0. The van der Waals surface area contributed by atoms with Crippen molar-refractivity contribution in [2.45, 2.75) is 105 Å². The maximum Gasteiger partial charge on any atom is 0.410 e. The highest BCUT2D eigenvalue weighted by atomic mass is 32.1. The lowest BCUT2D eigenvalue weighted by Crippen LogP contribution is -2.42. The lowest BCUT2D eigenvalue weighted by molar-refractivity contribution is 0.00680. The van der Waals surface area contributed by atoms with Crippen LogP contribution in [0.3, 0.4) is 0 Å². The van der Waals surface area contributed by atoms with Gasteiger partial charge in [0, 0.05) is 22.8 Å². The molecule has 2 aromatic rings. The summed E-state index contributed by atoms with van der Waals surface area (Å²) < 4.78 is 11.5. The molecule has 208 valence electrons. The number of aryl methyl sites for hydroxylation is 1. The van der Waals surface area contributed by atoms with Crippen LogP contribution in [0.25, 0.3) is 10.4 Å². The van der Waals surface area contributed by atoms with Crippen molar-refractivity contribution in [2.24, 2.45) is 11.3 Å². The van der Waals surface area contributed by atoms with E-state index in [0.717, 1.165) is 54.5 Å². The molecule has 1 saturated heterocycles. The first kappa shape index (κ1) is 28.7. The number of nitrogens with zero attached hydrogens (tertiary/aromatic N) is 1. The highest BCUT2D eigenvalue weighted by Crippen LogP contribution is 2.46. The topological polar surface area (TPSA) is 55.8 Å². The summed E-state index contributed by atoms with van der Waals surface area (Å²) in [6, 6.07) is 8.54. The highest BCUT2D eigenvalue weighted by Gasteiger charge is 2.35. The van der Waals surface area contributed by atoms with Gasteiger partial charge in [0.25, 0.3) is 0 Å². The van der Waals surface area contributed by atoms with Crippen LogP contribution < -0.4 is 0 Å². The van der Waals surface area contributed by atoms with Gasteiger partial charge in [-0.3, -0.25) is 0 Å². The molecule has 1 aliphatic heterocycles. The molecule has 4 rings (SSSR count). The first-order valence-corrected chi connectivity index (χ1v) is 14.9. The summed E-state index contributed by atoms with van der Waals surface area (Å²) in [5.74, 6) is 0.275. The maximum absolute atomic E-state index is 13.6. The van der Waals surface area contributed by atoms with Crippen molar-refractivity contribution in [3.05, 3.63) is 45.8 Å². The summed E-state index contributed by atoms with van der Waals surface area (Å²) in [6.45, 7) is 17.5. The zero-order valence-electron chi connectivity index (χ0n) is 24.5. The second-order valence-electron chi connectivity index (χ2n) is 13.8. The summed E-state index contributed by atoms with van der Waals surface area (Å²) in [4.78, 5) is 30.4. The van der Waals surface area contributed by atoms with Gasteiger partial charge in [-0.15, -0.1) is 11.3 Å². The smallest absolute Gasteiger partial charge is 0.410 e. The molecular formula is C32H45NO4S. The van der Waals surface area contributed by atoms with Crippen LogP contribution in [-0.4, -0.2) is 41.3 Å². The van der Waals surface area contributed by atoms with Crippen LogP contribution in [0.1, 0.15) is 101 Å². The van der Waals surface area contributed by atoms with E-state index in [0.29, 0.717) is 19.0 Å². The SMILES string of the molecule is CC1(C)CCc2sc(-c3ccccc3CC3CCN(C(=O)OC(C)(C)C)CC3)c(C(=O)OC(C)(C)C)c2C1. The zero-order chi connectivity index (χ0) is 27.9. The fourth-order valence-corrected chi connectivity index (χ4v) is 6.90. The predicted molar refractivity (Wildman–Crippen MR) is 155 cm³/mol. The van der Waals surface area contributed by atoms with Gasteiger partial charge in [0.2, 0.25) is 0 Å². The lowest BCUT2D eigenvalue weighted by Gasteiger charge is -2.33. The van der Waals surface area contributed by atoms with Gasteiger partial charge >= 0.3 is 12.1 Å². The molecule has 0 atom stereocenters. The average Bonchev–Trinajstić information content (AvgIpc) is 3.15. The number of amides is 1. The normalized spacial score (nSPS) is 18.2. The standard InChI is InChI=1S/C32H45NO4S/c1-30(2,3)36-28(34)26-24-20-32(7,8)16-13-25(24)38-27(26)23-12-10-9-11-22(23)19-21-14-17-33(18-15-21)29(35)37-31(4,5)6/h9-12,21H,13-20H2,1-8H3. The Morgan fingerprint density at radius 1 is 1.00 bits per heavy atom. The summed E-state index contributed by atoms with van der Waals surface area (Å²) in [5.41, 5.74) is 3.54. The summed E-state index contributed by atoms with van der Waals surface area (Å²) in [7, 11) is 0. The fraction of sp³-hybridized carbons (Fsp3) is 0.625. The third-order valence-electron chi connectivity index (χ3n) is 7.41. The van der Waals surface area contributed by atoms with Crippen molar-refractivity contribution in [3.63, 3.8) is 0 Å². The number of piperidine rings is 1. The van der Waals surface area contributed by atoms with Gasteiger partial charge in [-0.2, -0.15) is 0 Å². The van der Waals surface area contributed by atoms with Gasteiger partial charge in [-0.05, 0) is 108 Å². The zero-order valence-corrected chi connectivity index (χ0v) is 25.3. The number of hydrogen-bond acceptors (Lipinski definition) is 5. The molecule has 2 heterocycles. The molecule has 1 aromatic heterocycles. The van der Waals surface area contributed by atoms with E-state index >= 15 is 0 Å². The molecule has 0 N–H and O–H groups in total. The quantitative estimate of drug-likeness (QED) is 0.369. The number of thiophene rings is 1. The van der Waals surface area contributed by atoms with Crippen molar-refractivity contribution in [1.82, 2.24) is 4.90 Å². The van der Waals surface area contributed by atoms with E-state index in [9.17, 15) is 9.59 Å². The minimum absolute atomic E-state index is 0.170. The Hall–Kier alpha value is -2.34. The van der Waals surface area contributed by atoms with Crippen LogP contribution in [0.4, 0.5) is 4.79 Å². The Kier molecular flexibility index (Phi) is 8.05. The van der Waals surface area contributed by atoms with Crippen LogP contribution in [0.2, 0.25) is 0 Å². The number of benzene rings is 1. The molecule has 38 heavy (non-hydrogen) atoms. The van der Waals surface area contributed by atoms with Crippen molar-refractivity contribution < 1.29 is 19.1 Å². The molecule has 1 fully saturated rings. The third kappa shape index (κ3) is 6.99. The van der Waals surface area contributed by atoms with E-state index in [-0.39, 0.29) is 17.5 Å². The Morgan fingerprint density at radius 3 is 2.26 bits per heavy atom. The molecule has 2 aliphatic rings. The van der Waals surface area contributed by atoms with Gasteiger partial charge in [0.15, 0.2) is 0 Å². The number of esters is 1. The maximum atomic E-state index is 13.6. The van der Waals surface area contributed by atoms with E-state index in [2.05, 4.69) is 38.1 Å². The Morgan fingerprint density at radius 2 is 1.63 bits per heavy atom. The number of hydrogen-bond donors (Lipinski definition) is 0.